The minimum Gasteiger partial charge on any atom is -0.462 e. The van der Waals surface area contributed by atoms with Gasteiger partial charge < -0.3 is 30.2 Å². The SMILES string of the molecule is CNc1nc(N)nc2c1ncn2[C@@H]1O[C@H](CO[P@](=O)(N[C@H](C)C(=O)OC(C)C)Oc2cccc3ccccc23)[C@@H](O)[C@@]1(C)F. The van der Waals surface area contributed by atoms with Crippen LogP contribution in [0.25, 0.3) is 21.9 Å². The summed E-state index contributed by atoms with van der Waals surface area (Å²) in [5.74, 6) is -0.224. The average molecular weight is 632 g/mol. The number of nitrogens with two attached hydrogens (primary N) is 1. The first kappa shape index (κ1) is 31.5. The third kappa shape index (κ3) is 6.19. The molecule has 236 valence electrons. The van der Waals surface area contributed by atoms with Gasteiger partial charge in [0.25, 0.3) is 0 Å². The number of alkyl halides is 1. The molecule has 5 N–H and O–H groups in total. The van der Waals surface area contributed by atoms with Crippen molar-refractivity contribution in [3.05, 3.63) is 48.8 Å². The van der Waals surface area contributed by atoms with Gasteiger partial charge in [-0.15, -0.1) is 0 Å². The van der Waals surface area contributed by atoms with Gasteiger partial charge in [0.2, 0.25) is 5.95 Å². The van der Waals surface area contributed by atoms with E-state index in [-0.39, 0.29) is 17.3 Å². The lowest BCUT2D eigenvalue weighted by Gasteiger charge is -2.26. The van der Waals surface area contributed by atoms with Gasteiger partial charge in [-0.1, -0.05) is 36.4 Å². The predicted molar refractivity (Wildman–Crippen MR) is 161 cm³/mol. The molecule has 2 aromatic carbocycles. The normalized spacial score (nSPS) is 24.0. The van der Waals surface area contributed by atoms with Crippen molar-refractivity contribution in [3.8, 4) is 5.75 Å². The smallest absolute Gasteiger partial charge is 0.459 e. The topological polar surface area (TPSA) is 185 Å². The van der Waals surface area contributed by atoms with Gasteiger partial charge >= 0.3 is 13.7 Å². The Morgan fingerprint density at radius 2 is 1.95 bits per heavy atom. The van der Waals surface area contributed by atoms with Crippen molar-refractivity contribution in [1.82, 2.24) is 24.6 Å². The van der Waals surface area contributed by atoms with E-state index < -0.39 is 56.6 Å². The van der Waals surface area contributed by atoms with E-state index in [4.69, 9.17) is 24.3 Å². The van der Waals surface area contributed by atoms with Crippen LogP contribution in [0, 0.1) is 0 Å². The van der Waals surface area contributed by atoms with Crippen molar-refractivity contribution in [1.29, 1.82) is 0 Å². The zero-order valence-electron chi connectivity index (χ0n) is 24.8. The van der Waals surface area contributed by atoms with E-state index in [9.17, 15) is 14.5 Å². The molecule has 0 bridgehead atoms. The maximum absolute atomic E-state index is 16.1. The summed E-state index contributed by atoms with van der Waals surface area (Å²) in [4.78, 5) is 25.1. The number of hydrogen-bond acceptors (Lipinski definition) is 12. The van der Waals surface area contributed by atoms with Crippen LogP contribution in [0.3, 0.4) is 0 Å². The quantitative estimate of drug-likeness (QED) is 0.139. The molecule has 2 aromatic heterocycles. The summed E-state index contributed by atoms with van der Waals surface area (Å²) in [6.45, 7) is 5.38. The molecule has 0 radical (unpaired) electrons. The number of carbonyl (C=O) groups is 1. The Hall–Kier alpha value is -3.88. The zero-order valence-corrected chi connectivity index (χ0v) is 25.7. The van der Waals surface area contributed by atoms with Crippen LogP contribution in [0.4, 0.5) is 16.2 Å². The predicted octanol–water partition coefficient (Wildman–Crippen LogP) is 3.72. The number of halogens is 1. The average Bonchev–Trinajstić information content (AvgIpc) is 3.48. The van der Waals surface area contributed by atoms with E-state index in [0.717, 1.165) is 12.3 Å². The zero-order chi connectivity index (χ0) is 31.8. The van der Waals surface area contributed by atoms with Crippen molar-refractivity contribution in [3.63, 3.8) is 0 Å². The lowest BCUT2D eigenvalue weighted by atomic mass is 9.98. The van der Waals surface area contributed by atoms with Crippen LogP contribution >= 0.6 is 7.75 Å². The summed E-state index contributed by atoms with van der Waals surface area (Å²) in [6, 6.07) is 11.3. The number of aromatic nitrogens is 4. The van der Waals surface area contributed by atoms with Crippen LogP contribution in [-0.4, -0.2) is 74.3 Å². The molecule has 44 heavy (non-hydrogen) atoms. The first-order chi connectivity index (χ1) is 20.8. The molecule has 3 heterocycles. The fraction of sp³-hybridized carbons (Fsp3) is 0.429. The lowest BCUT2D eigenvalue weighted by Crippen LogP contribution is -2.41. The van der Waals surface area contributed by atoms with Gasteiger partial charge in [-0.3, -0.25) is 13.9 Å². The molecule has 1 aliphatic rings. The fourth-order valence-electron chi connectivity index (χ4n) is 4.92. The highest BCUT2D eigenvalue weighted by Gasteiger charge is 2.56. The standard InChI is InChI=1S/C28H35FN7O7P/c1-15(2)41-25(38)16(3)35-44(39,43-19-12-8-10-17-9-6-7-11-18(17)19)40-13-20-22(37)28(4,29)26(42-20)36-14-32-21-23(31-5)33-27(30)34-24(21)36/h6-12,14-16,20,22,26,37H,13H2,1-5H3,(H,35,39)(H3,30,31,33,34)/t16-,20-,22-,26-,28-,44-/m1/s1. The first-order valence-corrected chi connectivity index (χ1v) is 15.5. The van der Waals surface area contributed by atoms with Gasteiger partial charge in [0.1, 0.15) is 24.0 Å². The largest absolute Gasteiger partial charge is 0.462 e. The number of aliphatic hydroxyl groups excluding tert-OH is 1. The van der Waals surface area contributed by atoms with Crippen LogP contribution < -0.4 is 20.7 Å². The second kappa shape index (κ2) is 12.3. The Morgan fingerprint density at radius 1 is 1.23 bits per heavy atom. The molecule has 5 rings (SSSR count). The number of hydrogen-bond donors (Lipinski definition) is 4. The van der Waals surface area contributed by atoms with E-state index >= 15 is 4.39 Å². The van der Waals surface area contributed by atoms with Crippen LogP contribution in [0.2, 0.25) is 0 Å². The molecule has 0 spiro atoms. The Kier molecular flexibility index (Phi) is 8.78. The summed E-state index contributed by atoms with van der Waals surface area (Å²) in [7, 11) is -2.76. The van der Waals surface area contributed by atoms with Crippen molar-refractivity contribution in [2.45, 2.75) is 63.9 Å². The highest BCUT2D eigenvalue weighted by molar-refractivity contribution is 7.52. The van der Waals surface area contributed by atoms with Crippen molar-refractivity contribution in [2.75, 3.05) is 24.7 Å². The van der Waals surface area contributed by atoms with Crippen LogP contribution in [-0.2, 0) is 23.4 Å². The summed E-state index contributed by atoms with van der Waals surface area (Å²) in [6.07, 6.45) is -3.59. The Labute approximate surface area is 252 Å². The molecule has 4 aromatic rings. The minimum atomic E-state index is -4.38. The number of imidazole rings is 1. The number of fused-ring (bicyclic) bond motifs is 2. The van der Waals surface area contributed by atoms with Gasteiger partial charge in [-0.25, -0.2) is 13.9 Å². The van der Waals surface area contributed by atoms with Gasteiger partial charge in [-0.05, 0) is 39.1 Å². The Morgan fingerprint density at radius 3 is 2.68 bits per heavy atom. The van der Waals surface area contributed by atoms with Gasteiger partial charge in [0.15, 0.2) is 28.9 Å². The molecule has 1 aliphatic heterocycles. The number of anilines is 2. The number of ether oxygens (including phenoxy) is 2. The number of nitrogens with zero attached hydrogens (tertiary/aromatic N) is 4. The number of aliphatic hydroxyl groups is 1. The summed E-state index contributed by atoms with van der Waals surface area (Å²) in [5, 5.41) is 17.9. The fourth-order valence-corrected chi connectivity index (χ4v) is 6.44. The summed E-state index contributed by atoms with van der Waals surface area (Å²) < 4.78 is 54.4. The van der Waals surface area contributed by atoms with Gasteiger partial charge in [0, 0.05) is 12.4 Å². The van der Waals surface area contributed by atoms with E-state index in [1.807, 2.05) is 18.2 Å². The summed E-state index contributed by atoms with van der Waals surface area (Å²) >= 11 is 0. The highest BCUT2D eigenvalue weighted by Crippen LogP contribution is 2.49. The third-order valence-corrected chi connectivity index (χ3v) is 8.71. The second-order valence-electron chi connectivity index (χ2n) is 10.8. The molecule has 1 saturated heterocycles. The molecule has 0 saturated carbocycles. The molecule has 0 unspecified atom stereocenters. The molecule has 1 fully saturated rings. The molecule has 6 atom stereocenters. The third-order valence-electron chi connectivity index (χ3n) is 7.08. The number of nitrogens with one attached hydrogen (secondary N) is 2. The maximum atomic E-state index is 16.1. The van der Waals surface area contributed by atoms with Crippen LogP contribution in [0.1, 0.15) is 33.9 Å². The van der Waals surface area contributed by atoms with Crippen molar-refractivity contribution in [2.24, 2.45) is 0 Å². The monoisotopic (exact) mass is 631 g/mol. The number of carbonyl (C=O) groups excluding carboxylic acids is 1. The number of nitrogen functional groups attached to an aromatic ring is 1. The van der Waals surface area contributed by atoms with Gasteiger partial charge in [0.05, 0.1) is 19.0 Å². The van der Waals surface area contributed by atoms with E-state index in [1.165, 1.54) is 17.8 Å². The van der Waals surface area contributed by atoms with Crippen LogP contribution in [0.15, 0.2) is 48.8 Å². The summed E-state index contributed by atoms with van der Waals surface area (Å²) in [5.41, 5.74) is 3.96. The van der Waals surface area contributed by atoms with Crippen LogP contribution in [0.5, 0.6) is 5.75 Å². The molecule has 0 amide bonds. The Balaban J connectivity index is 1.42. The highest BCUT2D eigenvalue weighted by atomic mass is 31.2. The number of rotatable bonds is 11. The molecular formula is C28H35FN7O7P. The second-order valence-corrected chi connectivity index (χ2v) is 12.5. The van der Waals surface area contributed by atoms with Crippen molar-refractivity contribution >= 4 is 47.4 Å². The van der Waals surface area contributed by atoms with Gasteiger partial charge in [-0.2, -0.15) is 15.1 Å². The first-order valence-electron chi connectivity index (χ1n) is 13.9. The number of esters is 1. The lowest BCUT2D eigenvalue weighted by molar-refractivity contribution is -0.149. The van der Waals surface area contributed by atoms with E-state index in [2.05, 4.69) is 25.4 Å². The number of benzene rings is 2. The maximum Gasteiger partial charge on any atom is 0.459 e. The molecule has 0 aliphatic carbocycles. The Bertz CT molecular complexity index is 1710. The minimum absolute atomic E-state index is 0.0784. The van der Waals surface area contributed by atoms with E-state index in [0.29, 0.717) is 16.7 Å². The van der Waals surface area contributed by atoms with Crippen molar-refractivity contribution < 1.29 is 37.4 Å². The molecular weight excluding hydrogens is 596 g/mol. The molecule has 16 heteroatoms. The molecule has 14 nitrogen and oxygen atoms in total. The van der Waals surface area contributed by atoms with E-state index in [1.54, 1.807) is 45.2 Å².